The van der Waals surface area contributed by atoms with Crippen LogP contribution < -0.4 is 14.8 Å². The number of benzene rings is 2. The van der Waals surface area contributed by atoms with Crippen molar-refractivity contribution in [2.75, 3.05) is 13.7 Å². The number of aryl methyl sites for hydroxylation is 1. The van der Waals surface area contributed by atoms with E-state index < -0.39 is 0 Å². The molecule has 3 aromatic rings. The lowest BCUT2D eigenvalue weighted by atomic mass is 10.0. The second kappa shape index (κ2) is 6.37. The molecular weight excluding hydrogens is 336 g/mol. The molecule has 0 fully saturated rings. The molecule has 0 aliphatic carbocycles. The molecule has 1 N–H and O–H groups in total. The number of nitrogens with zero attached hydrogens (tertiary/aromatic N) is 1. The molecule has 4 rings (SSSR count). The van der Waals surface area contributed by atoms with Crippen LogP contribution in [0, 0.1) is 6.92 Å². The van der Waals surface area contributed by atoms with Crippen LogP contribution in [0.3, 0.4) is 0 Å². The number of fused-ring (bicyclic) bond motifs is 2. The molecule has 0 bridgehead atoms. The van der Waals surface area contributed by atoms with Gasteiger partial charge in [-0.25, -0.2) is 4.98 Å². The molecule has 1 aliphatic heterocycles. The summed E-state index contributed by atoms with van der Waals surface area (Å²) in [7, 11) is 1.63. The summed E-state index contributed by atoms with van der Waals surface area (Å²) >= 11 is 1.63. The van der Waals surface area contributed by atoms with Gasteiger partial charge in [0.2, 0.25) is 0 Å². The van der Waals surface area contributed by atoms with Crippen LogP contribution in [0.4, 0.5) is 0 Å². The van der Waals surface area contributed by atoms with Crippen molar-refractivity contribution >= 4 is 27.5 Å². The van der Waals surface area contributed by atoms with Gasteiger partial charge in [-0.1, -0.05) is 12.1 Å². The van der Waals surface area contributed by atoms with E-state index in [4.69, 9.17) is 9.47 Å². The Kier molecular flexibility index (Phi) is 4.05. The largest absolute Gasteiger partial charge is 0.493 e. The van der Waals surface area contributed by atoms with Gasteiger partial charge in [0.15, 0.2) is 11.5 Å². The zero-order valence-electron chi connectivity index (χ0n) is 14.0. The Morgan fingerprint density at radius 3 is 3.08 bits per heavy atom. The van der Waals surface area contributed by atoms with Crippen molar-refractivity contribution in [3.8, 4) is 11.5 Å². The van der Waals surface area contributed by atoms with Crippen LogP contribution in [0.5, 0.6) is 11.5 Å². The fourth-order valence-corrected chi connectivity index (χ4v) is 3.91. The maximum Gasteiger partial charge on any atom is 0.251 e. The van der Waals surface area contributed by atoms with Crippen LogP contribution >= 0.6 is 11.3 Å². The molecular formula is C19H18N2O3S. The van der Waals surface area contributed by atoms with Crippen LogP contribution in [0.2, 0.25) is 0 Å². The predicted molar refractivity (Wildman–Crippen MR) is 97.8 cm³/mol. The molecule has 0 spiro atoms. The number of ether oxygens (including phenoxy) is 2. The summed E-state index contributed by atoms with van der Waals surface area (Å²) in [4.78, 5) is 17.0. The lowest BCUT2D eigenvalue weighted by Gasteiger charge is -2.27. The minimum Gasteiger partial charge on any atom is -0.493 e. The summed E-state index contributed by atoms with van der Waals surface area (Å²) in [6.07, 6.45) is 0.719. The number of methoxy groups -OCH3 is 1. The average Bonchev–Trinajstić information content (AvgIpc) is 3.00. The van der Waals surface area contributed by atoms with Crippen molar-refractivity contribution in [3.05, 3.63) is 52.5 Å². The second-order valence-corrected chi connectivity index (χ2v) is 7.28. The van der Waals surface area contributed by atoms with Crippen LogP contribution in [0.25, 0.3) is 10.2 Å². The Morgan fingerprint density at radius 2 is 2.24 bits per heavy atom. The number of rotatable bonds is 3. The zero-order chi connectivity index (χ0) is 17.4. The van der Waals surface area contributed by atoms with E-state index >= 15 is 0 Å². The number of nitrogens with one attached hydrogen (secondary N) is 1. The highest BCUT2D eigenvalue weighted by atomic mass is 32.1. The van der Waals surface area contributed by atoms with Gasteiger partial charge in [-0.15, -0.1) is 11.3 Å². The van der Waals surface area contributed by atoms with Gasteiger partial charge in [0.1, 0.15) is 6.61 Å². The highest BCUT2D eigenvalue weighted by Crippen LogP contribution is 2.34. The van der Waals surface area contributed by atoms with Crippen LogP contribution in [0.15, 0.2) is 36.4 Å². The number of hydrogen-bond donors (Lipinski definition) is 1. The molecule has 0 saturated heterocycles. The van der Waals surface area contributed by atoms with E-state index in [1.165, 1.54) is 0 Å². The van der Waals surface area contributed by atoms with Crippen LogP contribution in [-0.2, 0) is 6.42 Å². The highest BCUT2D eigenvalue weighted by molar-refractivity contribution is 7.18. The number of carbonyl (C=O) groups is 1. The van der Waals surface area contributed by atoms with Crippen LogP contribution in [-0.4, -0.2) is 30.6 Å². The Morgan fingerprint density at radius 1 is 1.36 bits per heavy atom. The smallest absolute Gasteiger partial charge is 0.251 e. The Hall–Kier alpha value is -2.60. The number of aromatic nitrogens is 1. The molecule has 6 heteroatoms. The third kappa shape index (κ3) is 3.05. The third-order valence-electron chi connectivity index (χ3n) is 4.27. The topological polar surface area (TPSA) is 60.5 Å². The molecule has 2 heterocycles. The number of amides is 1. The maximum absolute atomic E-state index is 12.6. The fraction of sp³-hybridized carbons (Fsp3) is 0.263. The van der Waals surface area contributed by atoms with Gasteiger partial charge in [0, 0.05) is 11.1 Å². The summed E-state index contributed by atoms with van der Waals surface area (Å²) in [6.45, 7) is 2.40. The van der Waals surface area contributed by atoms with Crippen molar-refractivity contribution < 1.29 is 14.3 Å². The standard InChI is InChI=1S/C19H18N2O3S/c1-11-20-15-9-13(6-7-17(15)25-11)19(22)21-14-8-12-4-3-5-16(23-2)18(12)24-10-14/h3-7,9,14H,8,10H2,1-2H3,(H,21,22)/t14-/m1/s1. The van der Waals surface area contributed by atoms with E-state index in [1.54, 1.807) is 18.4 Å². The summed E-state index contributed by atoms with van der Waals surface area (Å²) in [5.41, 5.74) is 2.53. The van der Waals surface area contributed by atoms with Crippen molar-refractivity contribution in [2.45, 2.75) is 19.4 Å². The predicted octanol–water partition coefficient (Wildman–Crippen LogP) is 3.35. The van der Waals surface area contributed by atoms with E-state index in [0.29, 0.717) is 12.2 Å². The second-order valence-electron chi connectivity index (χ2n) is 6.05. The van der Waals surface area contributed by atoms with E-state index in [-0.39, 0.29) is 11.9 Å². The number of para-hydroxylation sites is 1. The van der Waals surface area contributed by atoms with Crippen LogP contribution in [0.1, 0.15) is 20.9 Å². The van der Waals surface area contributed by atoms with E-state index in [0.717, 1.165) is 38.7 Å². The number of carbonyl (C=O) groups excluding carboxylic acids is 1. The molecule has 5 nitrogen and oxygen atoms in total. The monoisotopic (exact) mass is 354 g/mol. The normalized spacial score (nSPS) is 16.2. The lowest BCUT2D eigenvalue weighted by Crippen LogP contribution is -2.42. The van der Waals surface area contributed by atoms with Crippen molar-refractivity contribution in [1.82, 2.24) is 10.3 Å². The van der Waals surface area contributed by atoms with Gasteiger partial charge in [0.05, 0.1) is 28.4 Å². The minimum atomic E-state index is -0.104. The summed E-state index contributed by atoms with van der Waals surface area (Å²) in [5.74, 6) is 1.40. The molecule has 128 valence electrons. The first-order chi connectivity index (χ1) is 12.1. The number of hydrogen-bond acceptors (Lipinski definition) is 5. The number of thiazole rings is 1. The molecule has 1 atom stereocenters. The Balaban J connectivity index is 1.50. The van der Waals surface area contributed by atoms with Gasteiger partial charge >= 0.3 is 0 Å². The summed E-state index contributed by atoms with van der Waals surface area (Å²) in [6, 6.07) is 11.4. The quantitative estimate of drug-likeness (QED) is 0.784. The maximum atomic E-state index is 12.6. The first kappa shape index (κ1) is 15.9. The van der Waals surface area contributed by atoms with Crippen molar-refractivity contribution in [2.24, 2.45) is 0 Å². The van der Waals surface area contributed by atoms with Gasteiger partial charge in [-0.05, 0) is 37.6 Å². The molecule has 0 saturated carbocycles. The van der Waals surface area contributed by atoms with E-state index in [9.17, 15) is 4.79 Å². The lowest BCUT2D eigenvalue weighted by molar-refractivity contribution is 0.0914. The fourth-order valence-electron chi connectivity index (χ4n) is 3.10. The summed E-state index contributed by atoms with van der Waals surface area (Å²) in [5, 5.41) is 4.05. The van der Waals surface area contributed by atoms with Gasteiger partial charge in [0.25, 0.3) is 5.91 Å². The zero-order valence-corrected chi connectivity index (χ0v) is 14.9. The molecule has 0 radical (unpaired) electrons. The molecule has 1 aliphatic rings. The summed E-state index contributed by atoms with van der Waals surface area (Å²) < 4.78 is 12.2. The van der Waals surface area contributed by atoms with E-state index in [2.05, 4.69) is 10.3 Å². The first-order valence-electron chi connectivity index (χ1n) is 8.11. The Labute approximate surface area is 149 Å². The molecule has 2 aromatic carbocycles. The molecule has 25 heavy (non-hydrogen) atoms. The Bertz CT molecular complexity index is 951. The van der Waals surface area contributed by atoms with Gasteiger partial charge < -0.3 is 14.8 Å². The molecule has 1 amide bonds. The molecule has 0 unspecified atom stereocenters. The average molecular weight is 354 g/mol. The third-order valence-corrected chi connectivity index (χ3v) is 5.22. The highest BCUT2D eigenvalue weighted by Gasteiger charge is 2.24. The van der Waals surface area contributed by atoms with E-state index in [1.807, 2.05) is 43.3 Å². The van der Waals surface area contributed by atoms with Crippen molar-refractivity contribution in [3.63, 3.8) is 0 Å². The minimum absolute atomic E-state index is 0.0695. The van der Waals surface area contributed by atoms with Gasteiger partial charge in [-0.3, -0.25) is 4.79 Å². The SMILES string of the molecule is COc1cccc2c1OC[C@H](NC(=O)c1ccc3sc(C)nc3c1)C2. The first-order valence-corrected chi connectivity index (χ1v) is 8.92. The van der Waals surface area contributed by atoms with Crippen molar-refractivity contribution in [1.29, 1.82) is 0 Å². The molecule has 1 aromatic heterocycles. The van der Waals surface area contributed by atoms with Gasteiger partial charge in [-0.2, -0.15) is 0 Å².